The van der Waals surface area contributed by atoms with E-state index in [1.165, 1.54) is 95.0 Å². The highest BCUT2D eigenvalue weighted by Crippen LogP contribution is 2.33. The third-order valence-corrected chi connectivity index (χ3v) is 14.1. The van der Waals surface area contributed by atoms with Crippen molar-refractivity contribution in [1.82, 2.24) is 52.2 Å². The first-order valence-corrected chi connectivity index (χ1v) is 26.1. The Hall–Kier alpha value is -9.03. The van der Waals surface area contributed by atoms with E-state index in [2.05, 4.69) is 104 Å². The van der Waals surface area contributed by atoms with E-state index in [-0.39, 0.29) is 52.5 Å². The Labute approximate surface area is 462 Å². The summed E-state index contributed by atoms with van der Waals surface area (Å²) in [5, 5.41) is 6.70. The van der Waals surface area contributed by atoms with Gasteiger partial charge in [-0.05, 0) is 72.3 Å². The molecule has 0 saturated heterocycles. The molecule has 24 nitrogen and oxygen atoms in total. The van der Waals surface area contributed by atoms with Crippen LogP contribution in [-0.4, -0.2) is 103 Å². The minimum atomic E-state index is -0.371. The number of hydrogen-bond acceptors (Lipinski definition) is 12. The number of Topliss-reactive ketones (excluding diaryl/α,β-unsaturated/α-hetero) is 1. The summed E-state index contributed by atoms with van der Waals surface area (Å²) in [6, 6.07) is 28.5. The Morgan fingerprint density at radius 3 is 1.79 bits per heavy atom. The maximum Gasteiger partial charge on any atom is 0.332 e. The summed E-state index contributed by atoms with van der Waals surface area (Å²) in [6.45, 7) is 0. The van der Waals surface area contributed by atoms with E-state index in [4.69, 9.17) is 28.3 Å². The quantitative estimate of drug-likeness (QED) is 0.0783. The second kappa shape index (κ2) is 27.0. The number of amides is 1. The molecule has 1 fully saturated rings. The lowest BCUT2D eigenvalue weighted by molar-refractivity contribution is -0.117. The predicted molar refractivity (Wildman–Crippen MR) is 312 cm³/mol. The summed E-state index contributed by atoms with van der Waals surface area (Å²) < 4.78 is 8.05. The van der Waals surface area contributed by atoms with Gasteiger partial charge in [0.15, 0.2) is 34.4 Å². The Kier molecular flexibility index (Phi) is 20.3. The molecule has 1 amide bonds. The van der Waals surface area contributed by atoms with Crippen LogP contribution in [0.4, 0.5) is 5.82 Å². The molecular formula is C56H74N18O6. The number of aliphatic imine (C=N–C) groups is 1. The minimum absolute atomic E-state index is 0.0525. The van der Waals surface area contributed by atoms with Crippen LogP contribution in [0.2, 0.25) is 0 Å². The van der Waals surface area contributed by atoms with Gasteiger partial charge in [0, 0.05) is 75.5 Å². The molecule has 5 aromatic heterocycles. The van der Waals surface area contributed by atoms with E-state index in [1.807, 2.05) is 0 Å². The third-order valence-electron chi connectivity index (χ3n) is 14.1. The van der Waals surface area contributed by atoms with Crippen molar-refractivity contribution >= 4 is 51.8 Å². The van der Waals surface area contributed by atoms with Gasteiger partial charge in [-0.25, -0.2) is 24.5 Å². The largest absolute Gasteiger partial charge is 0.369 e. The van der Waals surface area contributed by atoms with E-state index in [0.717, 1.165) is 40.7 Å². The van der Waals surface area contributed by atoms with Crippen LogP contribution in [0.15, 0.2) is 122 Å². The van der Waals surface area contributed by atoms with Gasteiger partial charge in [-0.1, -0.05) is 91.7 Å². The minimum Gasteiger partial charge on any atom is -0.369 e. The number of guanidine groups is 2. The van der Waals surface area contributed by atoms with Crippen LogP contribution in [0.25, 0.3) is 22.3 Å². The smallest absolute Gasteiger partial charge is 0.332 e. The summed E-state index contributed by atoms with van der Waals surface area (Å²) in [7, 11) is 14.6. The fourth-order valence-corrected chi connectivity index (χ4v) is 9.57. The number of nitrogens with two attached hydrogens (primary N) is 4. The molecule has 1 aliphatic heterocycles. The van der Waals surface area contributed by atoms with Crippen LogP contribution < -0.4 is 50.3 Å². The number of aromatic amines is 1. The molecule has 3 aromatic carbocycles. The highest BCUT2D eigenvalue weighted by atomic mass is 16.2. The van der Waals surface area contributed by atoms with Crippen LogP contribution in [0.1, 0.15) is 88.8 Å². The van der Waals surface area contributed by atoms with Gasteiger partial charge in [0.1, 0.15) is 11.2 Å². The number of H-pyrrole nitrogens is 1. The highest BCUT2D eigenvalue weighted by molar-refractivity contribution is 6.18. The average molecular weight is 1100 g/mol. The Morgan fingerprint density at radius 1 is 0.662 bits per heavy atom. The molecule has 0 radical (unpaired) electrons. The number of aryl methyl sites for hydroxylation is 5. The molecule has 4 aliphatic rings. The van der Waals surface area contributed by atoms with Gasteiger partial charge >= 0.3 is 11.4 Å². The number of imidazole rings is 3. The van der Waals surface area contributed by atoms with Gasteiger partial charge in [-0.2, -0.15) is 4.99 Å². The van der Waals surface area contributed by atoms with Crippen LogP contribution in [0.3, 0.4) is 0 Å². The van der Waals surface area contributed by atoms with Crippen molar-refractivity contribution in [3.8, 4) is 0 Å². The number of anilines is 1. The fourth-order valence-electron chi connectivity index (χ4n) is 9.57. The molecule has 0 bridgehead atoms. The lowest BCUT2D eigenvalue weighted by Gasteiger charge is -2.20. The lowest BCUT2D eigenvalue weighted by Crippen LogP contribution is -2.37. The molecule has 1 unspecified atom stereocenters. The van der Waals surface area contributed by atoms with Gasteiger partial charge in [-0.15, -0.1) is 0 Å². The van der Waals surface area contributed by atoms with Gasteiger partial charge < -0.3 is 42.0 Å². The molecule has 10 N–H and O–H groups in total. The molecule has 1 saturated carbocycles. The number of carbonyl (C=O) groups excluding carboxylic acids is 2. The maximum atomic E-state index is 11.7. The van der Waals surface area contributed by atoms with Gasteiger partial charge in [0.25, 0.3) is 11.1 Å². The first kappa shape index (κ1) is 60.2. The molecule has 0 spiro atoms. The van der Waals surface area contributed by atoms with E-state index in [1.54, 1.807) is 68.9 Å². The number of rotatable bonds is 1. The first-order chi connectivity index (χ1) is 38.0. The van der Waals surface area contributed by atoms with Crippen LogP contribution in [0, 0.1) is 5.41 Å². The maximum absolute atomic E-state index is 11.7. The van der Waals surface area contributed by atoms with Crippen molar-refractivity contribution in [2.75, 3.05) is 26.0 Å². The molecule has 12 rings (SSSR count). The molecule has 1 atom stereocenters. The first-order valence-electron chi connectivity index (χ1n) is 26.1. The van der Waals surface area contributed by atoms with Crippen molar-refractivity contribution in [1.29, 1.82) is 5.41 Å². The van der Waals surface area contributed by atoms with Gasteiger partial charge in [0.2, 0.25) is 11.9 Å². The van der Waals surface area contributed by atoms with Crippen molar-refractivity contribution in [3.63, 3.8) is 0 Å². The lowest BCUT2D eigenvalue weighted by atomic mass is 9.98. The third kappa shape index (κ3) is 14.4. The summed E-state index contributed by atoms with van der Waals surface area (Å²) in [5.74, 6) is 0.943. The summed E-state index contributed by atoms with van der Waals surface area (Å²) >= 11 is 0. The number of hydrogen-bond donors (Lipinski definition) is 6. The van der Waals surface area contributed by atoms with E-state index < -0.39 is 0 Å². The standard InChI is InChI=1S/C11H14.2C9H11N.C8H10N4O2.C8H9N3O2.C7H8N4O2.C4H11N5/c1-2-6-10(7-3-1)11-8-4-5-9-11;10-9-5-7-3-1-2-4-8(7)6-9;10-9-6-5-7-3-1-2-4-8(7)9;1-10-4-9-6-5(10)7(13)12(3)8(14)11(6)2;1-10-4-9-8-7(10)5(12)3-6(13)11(8)2;1-10-5-4(8-3-9-5)6(12)11(2)7(10)13;1-9(2)4(7)8-3(5)6/h1-3,6-7,11H,4-5,8-9H2;2*1-4,9H,5-6,10H2;4H,1-3H3;4H,3H2,1-2H3;3H,1-2H3,(H,8,9);1-2H3,(H5,5,6,7,8). The van der Waals surface area contributed by atoms with Crippen LogP contribution in [-0.2, 0) is 66.3 Å². The number of aromatic nitrogens is 10. The zero-order valence-electron chi connectivity index (χ0n) is 47.0. The summed E-state index contributed by atoms with van der Waals surface area (Å²) in [6.07, 6.45) is 14.5. The number of fused-ring (bicyclic) bond motifs is 5. The number of nitrogens with zero attached hydrogens (tertiary/aromatic N) is 12. The Bertz CT molecular complexity index is 3720. The zero-order chi connectivity index (χ0) is 58.5. The molecule has 3 aliphatic carbocycles. The fraction of sp³-hybridized carbons (Fsp3) is 0.375. The molecule has 80 heavy (non-hydrogen) atoms. The average Bonchev–Trinajstić information content (AvgIpc) is 4.43. The number of benzene rings is 3. The Morgan fingerprint density at radius 2 is 1.21 bits per heavy atom. The highest BCUT2D eigenvalue weighted by Gasteiger charge is 2.31. The predicted octanol–water partition coefficient (Wildman–Crippen LogP) is 2.75. The molecule has 6 heterocycles. The molecule has 8 aromatic rings. The van der Waals surface area contributed by atoms with Crippen molar-refractivity contribution in [2.24, 2.45) is 70.2 Å². The van der Waals surface area contributed by atoms with Crippen LogP contribution >= 0.6 is 0 Å². The van der Waals surface area contributed by atoms with E-state index >= 15 is 0 Å². The zero-order valence-corrected chi connectivity index (χ0v) is 47.0. The monoisotopic (exact) mass is 1090 g/mol. The van der Waals surface area contributed by atoms with E-state index in [9.17, 15) is 28.8 Å². The van der Waals surface area contributed by atoms with Crippen molar-refractivity contribution < 1.29 is 9.59 Å². The van der Waals surface area contributed by atoms with Crippen molar-refractivity contribution in [3.05, 3.63) is 173 Å². The summed E-state index contributed by atoms with van der Waals surface area (Å²) in [4.78, 5) is 89.6. The molecular weight excluding hydrogens is 1020 g/mol. The second-order valence-electron chi connectivity index (χ2n) is 20.0. The number of nitrogens with one attached hydrogen (secondary N) is 2. The van der Waals surface area contributed by atoms with E-state index in [0.29, 0.717) is 45.9 Å². The van der Waals surface area contributed by atoms with Gasteiger partial charge in [-0.3, -0.25) is 47.8 Å². The molecule has 24 heteroatoms. The SMILES string of the molecule is CN(C)C(N)=NC(=N)N.CN1C(=O)CC(=O)c2c1ncn2C.Cn1c(=O)c2[nH]cnc2n(C)c1=O.Cn1c(=O)c2c(ncn2C)n(C)c1=O.NC1CCc2ccccc21.NC1Cc2ccccc2C1.c1ccc(C2CCCC2)cc1. The number of ketones is 1. The Balaban J connectivity index is 0.000000151. The topological polar surface area (TPSA) is 333 Å². The van der Waals surface area contributed by atoms with Gasteiger partial charge in [0.05, 0.1) is 25.4 Å². The summed E-state index contributed by atoms with van der Waals surface area (Å²) in [5.41, 5.74) is 29.7. The van der Waals surface area contributed by atoms with Crippen LogP contribution in [0.5, 0.6) is 0 Å². The second-order valence-corrected chi connectivity index (χ2v) is 20.0. The van der Waals surface area contributed by atoms with Crippen molar-refractivity contribution in [2.45, 2.75) is 75.8 Å². The normalized spacial score (nSPS) is 15.2. The molecule has 424 valence electrons. The number of carbonyl (C=O) groups is 2.